The van der Waals surface area contributed by atoms with E-state index in [0.717, 1.165) is 16.7 Å². The van der Waals surface area contributed by atoms with Crippen LogP contribution >= 0.6 is 0 Å². The van der Waals surface area contributed by atoms with Gasteiger partial charge in [0.25, 0.3) is 0 Å². The van der Waals surface area contributed by atoms with E-state index in [4.69, 9.17) is 4.74 Å². The Labute approximate surface area is 176 Å². The van der Waals surface area contributed by atoms with Gasteiger partial charge in [0.1, 0.15) is 12.4 Å². The highest BCUT2D eigenvalue weighted by Gasteiger charge is 2.09. The number of hydrogen-bond donors (Lipinski definition) is 3. The molecule has 0 spiro atoms. The number of anilines is 2. The van der Waals surface area contributed by atoms with Gasteiger partial charge >= 0.3 is 6.03 Å². The van der Waals surface area contributed by atoms with Crippen molar-refractivity contribution >= 4 is 23.3 Å². The molecular weight excluding hydrogens is 378 g/mol. The summed E-state index contributed by atoms with van der Waals surface area (Å²) in [6.45, 7) is 4.17. The van der Waals surface area contributed by atoms with Gasteiger partial charge in [-0.1, -0.05) is 48.5 Å². The molecule has 3 rings (SSSR count). The van der Waals surface area contributed by atoms with Gasteiger partial charge in [-0.3, -0.25) is 4.79 Å². The van der Waals surface area contributed by atoms with E-state index >= 15 is 0 Å². The standard InChI is InChI=1S/C24H25N3O3/c1-17-11-12-22(23(13-17)30-16-19-7-4-3-5-8-19)27-24(29)25-15-20-9-6-10-21(14-20)26-18(2)28/h3-14H,15-16H2,1-2H3,(H,26,28)(H2,25,27,29). The predicted octanol–water partition coefficient (Wildman–Crippen LogP) is 4.85. The summed E-state index contributed by atoms with van der Waals surface area (Å²) in [5.41, 5.74) is 4.26. The highest BCUT2D eigenvalue weighted by atomic mass is 16.5. The molecule has 0 saturated heterocycles. The van der Waals surface area contributed by atoms with E-state index in [9.17, 15) is 9.59 Å². The van der Waals surface area contributed by atoms with Crippen LogP contribution < -0.4 is 20.7 Å². The second-order valence-corrected chi connectivity index (χ2v) is 6.96. The summed E-state index contributed by atoms with van der Waals surface area (Å²) in [7, 11) is 0. The molecule has 0 aliphatic heterocycles. The summed E-state index contributed by atoms with van der Waals surface area (Å²) >= 11 is 0. The molecule has 3 N–H and O–H groups in total. The molecular formula is C24H25N3O3. The Morgan fingerprint density at radius 3 is 2.40 bits per heavy atom. The fraction of sp³-hybridized carbons (Fsp3) is 0.167. The number of ether oxygens (including phenoxy) is 1. The Morgan fingerprint density at radius 2 is 1.63 bits per heavy atom. The molecule has 3 aromatic carbocycles. The maximum atomic E-state index is 12.4. The average molecular weight is 403 g/mol. The summed E-state index contributed by atoms with van der Waals surface area (Å²) < 4.78 is 5.94. The van der Waals surface area contributed by atoms with E-state index in [1.165, 1.54) is 6.92 Å². The Bertz CT molecular complexity index is 1020. The number of hydrogen-bond acceptors (Lipinski definition) is 3. The molecule has 0 atom stereocenters. The second-order valence-electron chi connectivity index (χ2n) is 6.96. The van der Waals surface area contributed by atoms with Gasteiger partial charge in [-0.2, -0.15) is 0 Å². The molecule has 30 heavy (non-hydrogen) atoms. The Hall–Kier alpha value is -3.80. The molecule has 0 unspecified atom stereocenters. The molecule has 3 aromatic rings. The van der Waals surface area contributed by atoms with E-state index in [1.54, 1.807) is 6.07 Å². The first kappa shape index (κ1) is 20.9. The minimum atomic E-state index is -0.339. The number of benzene rings is 3. The lowest BCUT2D eigenvalue weighted by atomic mass is 10.2. The van der Waals surface area contributed by atoms with Gasteiger partial charge in [0.2, 0.25) is 5.91 Å². The topological polar surface area (TPSA) is 79.5 Å². The van der Waals surface area contributed by atoms with Crippen molar-refractivity contribution in [3.05, 3.63) is 89.5 Å². The van der Waals surface area contributed by atoms with Crippen LogP contribution in [-0.4, -0.2) is 11.9 Å². The molecule has 3 amide bonds. The largest absolute Gasteiger partial charge is 0.487 e. The molecule has 0 bridgehead atoms. The highest BCUT2D eigenvalue weighted by Crippen LogP contribution is 2.26. The lowest BCUT2D eigenvalue weighted by Crippen LogP contribution is -2.28. The summed E-state index contributed by atoms with van der Waals surface area (Å²) in [6, 6.07) is 22.5. The number of carbonyl (C=O) groups excluding carboxylic acids is 2. The minimum Gasteiger partial charge on any atom is -0.487 e. The zero-order valence-electron chi connectivity index (χ0n) is 17.1. The molecule has 0 radical (unpaired) electrons. The zero-order valence-corrected chi connectivity index (χ0v) is 17.1. The first-order chi connectivity index (χ1) is 14.5. The van der Waals surface area contributed by atoms with E-state index in [-0.39, 0.29) is 11.9 Å². The van der Waals surface area contributed by atoms with Gasteiger partial charge in [0, 0.05) is 19.2 Å². The first-order valence-corrected chi connectivity index (χ1v) is 9.68. The molecule has 0 aromatic heterocycles. The molecule has 0 aliphatic carbocycles. The Morgan fingerprint density at radius 1 is 0.867 bits per heavy atom. The quantitative estimate of drug-likeness (QED) is 0.527. The van der Waals surface area contributed by atoms with Crippen LogP contribution in [0.15, 0.2) is 72.8 Å². The smallest absolute Gasteiger partial charge is 0.319 e. The number of urea groups is 1. The predicted molar refractivity (Wildman–Crippen MR) is 119 cm³/mol. The molecule has 6 nitrogen and oxygen atoms in total. The van der Waals surface area contributed by atoms with Crippen LogP contribution in [-0.2, 0) is 17.9 Å². The summed E-state index contributed by atoms with van der Waals surface area (Å²) in [5.74, 6) is 0.474. The summed E-state index contributed by atoms with van der Waals surface area (Å²) in [6.07, 6.45) is 0. The number of amides is 3. The maximum absolute atomic E-state index is 12.4. The third-order valence-electron chi connectivity index (χ3n) is 4.32. The number of aryl methyl sites for hydroxylation is 1. The van der Waals surface area contributed by atoms with Gasteiger partial charge in [-0.25, -0.2) is 4.79 Å². The molecule has 6 heteroatoms. The summed E-state index contributed by atoms with van der Waals surface area (Å²) in [4.78, 5) is 23.6. The normalized spacial score (nSPS) is 10.2. The van der Waals surface area contributed by atoms with Crippen LogP contribution in [0.2, 0.25) is 0 Å². The molecule has 0 aliphatic rings. The Balaban J connectivity index is 1.60. The van der Waals surface area contributed by atoms with E-state index < -0.39 is 0 Å². The van der Waals surface area contributed by atoms with E-state index in [1.807, 2.05) is 73.7 Å². The van der Waals surface area contributed by atoms with Gasteiger partial charge in [-0.15, -0.1) is 0 Å². The van der Waals surface area contributed by atoms with Crippen LogP contribution in [0.5, 0.6) is 5.75 Å². The van der Waals surface area contributed by atoms with Gasteiger partial charge in [-0.05, 0) is 47.9 Å². The van der Waals surface area contributed by atoms with Crippen molar-refractivity contribution in [3.63, 3.8) is 0 Å². The van der Waals surface area contributed by atoms with Gasteiger partial charge in [0.15, 0.2) is 0 Å². The van der Waals surface area contributed by atoms with Crippen molar-refractivity contribution in [2.45, 2.75) is 27.0 Å². The van der Waals surface area contributed by atoms with Crippen LogP contribution in [0.25, 0.3) is 0 Å². The van der Waals surface area contributed by atoms with E-state index in [0.29, 0.717) is 30.3 Å². The van der Waals surface area contributed by atoms with Crippen molar-refractivity contribution in [2.24, 2.45) is 0 Å². The van der Waals surface area contributed by atoms with Crippen molar-refractivity contribution in [1.82, 2.24) is 5.32 Å². The monoisotopic (exact) mass is 403 g/mol. The third kappa shape index (κ3) is 6.38. The SMILES string of the molecule is CC(=O)Nc1cccc(CNC(=O)Nc2ccc(C)cc2OCc2ccccc2)c1. The van der Waals surface area contributed by atoms with E-state index in [2.05, 4.69) is 16.0 Å². The first-order valence-electron chi connectivity index (χ1n) is 9.68. The summed E-state index contributed by atoms with van der Waals surface area (Å²) in [5, 5.41) is 8.40. The zero-order chi connectivity index (χ0) is 21.3. The van der Waals surface area contributed by atoms with Gasteiger partial charge < -0.3 is 20.7 Å². The van der Waals surface area contributed by atoms with Crippen molar-refractivity contribution < 1.29 is 14.3 Å². The molecule has 154 valence electrons. The van der Waals surface area contributed by atoms with Crippen molar-refractivity contribution in [1.29, 1.82) is 0 Å². The number of nitrogens with one attached hydrogen (secondary N) is 3. The highest BCUT2D eigenvalue weighted by molar-refractivity contribution is 5.91. The average Bonchev–Trinajstić information content (AvgIpc) is 2.73. The molecule has 0 saturated carbocycles. The van der Waals surface area contributed by atoms with Crippen molar-refractivity contribution in [2.75, 3.05) is 10.6 Å². The van der Waals surface area contributed by atoms with Crippen LogP contribution in [0.1, 0.15) is 23.6 Å². The number of rotatable bonds is 7. The third-order valence-corrected chi connectivity index (χ3v) is 4.32. The lowest BCUT2D eigenvalue weighted by Gasteiger charge is -2.14. The van der Waals surface area contributed by atoms with Crippen LogP contribution in [0.4, 0.5) is 16.2 Å². The molecule has 0 heterocycles. The van der Waals surface area contributed by atoms with Crippen LogP contribution in [0.3, 0.4) is 0 Å². The maximum Gasteiger partial charge on any atom is 0.319 e. The Kier molecular flexibility index (Phi) is 7.05. The van der Waals surface area contributed by atoms with Crippen molar-refractivity contribution in [3.8, 4) is 5.75 Å². The minimum absolute atomic E-state index is 0.139. The lowest BCUT2D eigenvalue weighted by molar-refractivity contribution is -0.114. The van der Waals surface area contributed by atoms with Gasteiger partial charge in [0.05, 0.1) is 5.69 Å². The second kappa shape index (κ2) is 10.1. The fourth-order valence-corrected chi connectivity index (χ4v) is 2.90. The number of carbonyl (C=O) groups is 2. The van der Waals surface area contributed by atoms with Crippen LogP contribution in [0, 0.1) is 6.92 Å². The molecule has 0 fully saturated rings. The fourth-order valence-electron chi connectivity index (χ4n) is 2.90.